The van der Waals surface area contributed by atoms with E-state index >= 15 is 0 Å². The Kier molecular flexibility index (Phi) is 2.16. The summed E-state index contributed by atoms with van der Waals surface area (Å²) >= 11 is 0. The van der Waals surface area contributed by atoms with Crippen LogP contribution in [-0.2, 0) is 19.4 Å². The highest BCUT2D eigenvalue weighted by Gasteiger charge is 2.35. The average Bonchev–Trinajstić information content (AvgIpc) is 2.72. The number of hydrogen-bond acceptors (Lipinski definition) is 1. The highest BCUT2D eigenvalue weighted by atomic mass is 16.2. The quantitative estimate of drug-likeness (QED) is 0.728. The molecule has 3 rings (SSSR count). The van der Waals surface area contributed by atoms with Crippen LogP contribution < -0.4 is 0 Å². The van der Waals surface area contributed by atoms with Gasteiger partial charge in [-0.2, -0.15) is 0 Å². The van der Waals surface area contributed by atoms with Crippen LogP contribution in [0.4, 0.5) is 0 Å². The van der Waals surface area contributed by atoms with Gasteiger partial charge in [0.05, 0.1) is 0 Å². The van der Waals surface area contributed by atoms with E-state index in [4.69, 9.17) is 0 Å². The Morgan fingerprint density at radius 2 is 2.06 bits per heavy atom. The van der Waals surface area contributed by atoms with Crippen molar-refractivity contribution in [2.75, 3.05) is 13.1 Å². The number of amides is 1. The number of aromatic nitrogens is 1. The van der Waals surface area contributed by atoms with Gasteiger partial charge in [0.15, 0.2) is 0 Å². The summed E-state index contributed by atoms with van der Waals surface area (Å²) in [4.78, 5) is 14.2. The van der Waals surface area contributed by atoms with Gasteiger partial charge in [-0.25, -0.2) is 0 Å². The lowest BCUT2D eigenvalue weighted by Crippen LogP contribution is -2.40. The van der Waals surface area contributed by atoms with Crippen molar-refractivity contribution >= 4 is 5.91 Å². The van der Waals surface area contributed by atoms with Gasteiger partial charge in [-0.05, 0) is 36.8 Å². The SMILES string of the molecule is CCN1CCn2c(cc3c2CC(C)(C)C3)C1=O. The number of nitrogens with zero attached hydrogens (tertiary/aromatic N) is 2. The van der Waals surface area contributed by atoms with Crippen LogP contribution in [0.15, 0.2) is 6.07 Å². The van der Waals surface area contributed by atoms with Gasteiger partial charge in [0.2, 0.25) is 0 Å². The summed E-state index contributed by atoms with van der Waals surface area (Å²) in [5.41, 5.74) is 4.10. The summed E-state index contributed by atoms with van der Waals surface area (Å²) in [6.07, 6.45) is 2.23. The molecule has 0 saturated carbocycles. The molecule has 0 N–H and O–H groups in total. The molecule has 0 bridgehead atoms. The molecule has 3 heteroatoms. The summed E-state index contributed by atoms with van der Waals surface area (Å²) in [5, 5.41) is 0. The van der Waals surface area contributed by atoms with E-state index in [1.54, 1.807) is 0 Å². The van der Waals surface area contributed by atoms with Crippen molar-refractivity contribution < 1.29 is 4.79 Å². The Hall–Kier alpha value is -1.25. The molecule has 0 unspecified atom stereocenters. The van der Waals surface area contributed by atoms with Crippen molar-refractivity contribution in [3.05, 3.63) is 23.0 Å². The number of carbonyl (C=O) groups is 1. The molecular weight excluding hydrogens is 212 g/mol. The lowest BCUT2D eigenvalue weighted by atomic mass is 9.90. The van der Waals surface area contributed by atoms with E-state index < -0.39 is 0 Å². The van der Waals surface area contributed by atoms with Crippen LogP contribution in [0.25, 0.3) is 0 Å². The predicted molar refractivity (Wildman–Crippen MR) is 67.2 cm³/mol. The first kappa shape index (κ1) is 10.9. The lowest BCUT2D eigenvalue weighted by molar-refractivity contribution is 0.0712. The van der Waals surface area contributed by atoms with Crippen molar-refractivity contribution in [3.8, 4) is 0 Å². The zero-order valence-electron chi connectivity index (χ0n) is 10.9. The molecule has 2 heterocycles. The molecule has 0 spiro atoms. The average molecular weight is 232 g/mol. The molecule has 1 aromatic heterocycles. The van der Waals surface area contributed by atoms with Gasteiger partial charge in [0.1, 0.15) is 5.69 Å². The fourth-order valence-corrected chi connectivity index (χ4v) is 3.26. The highest BCUT2D eigenvalue weighted by Crippen LogP contribution is 2.38. The fraction of sp³-hybridized carbons (Fsp3) is 0.643. The number of hydrogen-bond donors (Lipinski definition) is 0. The van der Waals surface area contributed by atoms with Gasteiger partial charge in [-0.3, -0.25) is 4.79 Å². The monoisotopic (exact) mass is 232 g/mol. The van der Waals surface area contributed by atoms with E-state index in [0.717, 1.165) is 38.2 Å². The van der Waals surface area contributed by atoms with Gasteiger partial charge in [-0.15, -0.1) is 0 Å². The number of fused-ring (bicyclic) bond motifs is 3. The van der Waals surface area contributed by atoms with Gasteiger partial charge < -0.3 is 9.47 Å². The smallest absolute Gasteiger partial charge is 0.270 e. The van der Waals surface area contributed by atoms with Gasteiger partial charge >= 0.3 is 0 Å². The van der Waals surface area contributed by atoms with Crippen molar-refractivity contribution in [1.29, 1.82) is 0 Å². The summed E-state index contributed by atoms with van der Waals surface area (Å²) in [6.45, 7) is 9.32. The minimum Gasteiger partial charge on any atom is -0.339 e. The van der Waals surface area contributed by atoms with Crippen LogP contribution in [0.2, 0.25) is 0 Å². The molecule has 1 aromatic rings. The van der Waals surface area contributed by atoms with Crippen LogP contribution in [-0.4, -0.2) is 28.5 Å². The Bertz CT molecular complexity index is 485. The third-order valence-corrected chi connectivity index (χ3v) is 4.09. The summed E-state index contributed by atoms with van der Waals surface area (Å²) in [7, 11) is 0. The topological polar surface area (TPSA) is 25.2 Å². The molecule has 0 fully saturated rings. The summed E-state index contributed by atoms with van der Waals surface area (Å²) in [6, 6.07) is 2.13. The zero-order chi connectivity index (χ0) is 12.2. The summed E-state index contributed by atoms with van der Waals surface area (Å²) in [5.74, 6) is 0.214. The fourth-order valence-electron chi connectivity index (χ4n) is 3.26. The minimum atomic E-state index is 0.214. The highest BCUT2D eigenvalue weighted by molar-refractivity contribution is 5.94. The zero-order valence-corrected chi connectivity index (χ0v) is 10.9. The second-order valence-corrected chi connectivity index (χ2v) is 6.06. The molecule has 92 valence electrons. The van der Waals surface area contributed by atoms with E-state index in [0.29, 0.717) is 5.41 Å². The summed E-state index contributed by atoms with van der Waals surface area (Å²) < 4.78 is 2.26. The van der Waals surface area contributed by atoms with Crippen LogP contribution in [0, 0.1) is 5.41 Å². The van der Waals surface area contributed by atoms with Gasteiger partial charge in [0.25, 0.3) is 5.91 Å². The first-order valence-corrected chi connectivity index (χ1v) is 6.52. The van der Waals surface area contributed by atoms with E-state index in [2.05, 4.69) is 24.5 Å². The molecule has 3 nitrogen and oxygen atoms in total. The molecule has 0 aromatic carbocycles. The third kappa shape index (κ3) is 1.52. The maximum Gasteiger partial charge on any atom is 0.270 e. The molecule has 1 amide bonds. The molecule has 1 aliphatic heterocycles. The number of rotatable bonds is 1. The van der Waals surface area contributed by atoms with Gasteiger partial charge in [-0.1, -0.05) is 13.8 Å². The molecule has 0 saturated heterocycles. The largest absolute Gasteiger partial charge is 0.339 e. The van der Waals surface area contributed by atoms with Crippen LogP contribution >= 0.6 is 0 Å². The Morgan fingerprint density at radius 3 is 2.76 bits per heavy atom. The normalized spacial score (nSPS) is 21.6. The second kappa shape index (κ2) is 3.37. The van der Waals surface area contributed by atoms with Crippen molar-refractivity contribution in [1.82, 2.24) is 9.47 Å². The van der Waals surface area contributed by atoms with Crippen molar-refractivity contribution in [3.63, 3.8) is 0 Å². The van der Waals surface area contributed by atoms with E-state index in [-0.39, 0.29) is 5.91 Å². The van der Waals surface area contributed by atoms with Gasteiger partial charge in [0, 0.05) is 25.3 Å². The second-order valence-electron chi connectivity index (χ2n) is 6.06. The first-order chi connectivity index (χ1) is 8.02. The first-order valence-electron chi connectivity index (χ1n) is 6.52. The third-order valence-electron chi connectivity index (χ3n) is 4.09. The molecular formula is C14H20N2O. The van der Waals surface area contributed by atoms with E-state index in [9.17, 15) is 4.79 Å². The van der Waals surface area contributed by atoms with Crippen LogP contribution in [0.1, 0.15) is 42.5 Å². The predicted octanol–water partition coefficient (Wildman–Crippen LogP) is 2.09. The van der Waals surface area contributed by atoms with Crippen LogP contribution in [0.5, 0.6) is 0 Å². The minimum absolute atomic E-state index is 0.214. The number of carbonyl (C=O) groups excluding carboxylic acids is 1. The standard InChI is InChI=1S/C14H20N2O/c1-4-15-5-6-16-11(13(15)17)7-10-8-14(2,3)9-12(10)16/h7H,4-6,8-9H2,1-3H3. The number of likely N-dealkylation sites (N-methyl/N-ethyl adjacent to an activating group) is 1. The Labute approximate surface area is 102 Å². The maximum absolute atomic E-state index is 12.2. The molecule has 17 heavy (non-hydrogen) atoms. The Morgan fingerprint density at radius 1 is 1.29 bits per heavy atom. The van der Waals surface area contributed by atoms with Crippen molar-refractivity contribution in [2.24, 2.45) is 5.41 Å². The van der Waals surface area contributed by atoms with Crippen molar-refractivity contribution in [2.45, 2.75) is 40.2 Å². The molecule has 1 aliphatic carbocycles. The maximum atomic E-state index is 12.2. The van der Waals surface area contributed by atoms with E-state index in [1.807, 2.05) is 11.8 Å². The van der Waals surface area contributed by atoms with Crippen LogP contribution in [0.3, 0.4) is 0 Å². The lowest BCUT2D eigenvalue weighted by Gasteiger charge is -2.29. The van der Waals surface area contributed by atoms with E-state index in [1.165, 1.54) is 11.3 Å². The molecule has 0 atom stereocenters. The molecule has 2 aliphatic rings. The molecule has 0 radical (unpaired) electrons. The Balaban J connectivity index is 2.02.